The Labute approximate surface area is 120 Å². The van der Waals surface area contributed by atoms with Gasteiger partial charge < -0.3 is 5.73 Å². The largest absolute Gasteiger partial charge is 0.326 e. The van der Waals surface area contributed by atoms with Gasteiger partial charge in [0.05, 0.1) is 0 Å². The fourth-order valence-corrected chi connectivity index (χ4v) is 3.17. The fourth-order valence-electron chi connectivity index (χ4n) is 2.10. The van der Waals surface area contributed by atoms with Crippen molar-refractivity contribution >= 4 is 11.3 Å². The third-order valence-corrected chi connectivity index (χ3v) is 4.29. The first kappa shape index (κ1) is 13.0. The van der Waals surface area contributed by atoms with Gasteiger partial charge in [0.2, 0.25) is 0 Å². The van der Waals surface area contributed by atoms with Gasteiger partial charge >= 0.3 is 0 Å². The lowest BCUT2D eigenvalue weighted by atomic mass is 10.0. The lowest BCUT2D eigenvalue weighted by molar-refractivity contribution is 0.628. The molecule has 20 heavy (non-hydrogen) atoms. The van der Waals surface area contributed by atoms with Crippen LogP contribution in [0.1, 0.15) is 4.88 Å². The lowest BCUT2D eigenvalue weighted by Crippen LogP contribution is -1.91. The molecule has 0 bridgehead atoms. The van der Waals surface area contributed by atoms with Crippen molar-refractivity contribution in [2.75, 3.05) is 0 Å². The predicted molar refractivity (Wildman–Crippen MR) is 80.8 cm³/mol. The van der Waals surface area contributed by atoms with Gasteiger partial charge in [-0.1, -0.05) is 12.1 Å². The van der Waals surface area contributed by atoms with E-state index in [2.05, 4.69) is 11.1 Å². The Morgan fingerprint density at radius 3 is 2.35 bits per heavy atom. The van der Waals surface area contributed by atoms with Crippen LogP contribution in [0.3, 0.4) is 0 Å². The van der Waals surface area contributed by atoms with Gasteiger partial charge in [-0.25, -0.2) is 4.39 Å². The molecule has 0 saturated heterocycles. The minimum atomic E-state index is -0.228. The average molecular weight is 284 g/mol. The number of hydrogen-bond donors (Lipinski definition) is 1. The molecule has 0 spiro atoms. The van der Waals surface area contributed by atoms with Crippen molar-refractivity contribution in [2.45, 2.75) is 6.54 Å². The molecule has 0 fully saturated rings. The molecule has 0 aliphatic carbocycles. The molecule has 0 atom stereocenters. The Morgan fingerprint density at radius 1 is 1.00 bits per heavy atom. The van der Waals surface area contributed by atoms with Gasteiger partial charge in [-0.05, 0) is 41.5 Å². The summed E-state index contributed by atoms with van der Waals surface area (Å²) in [4.78, 5) is 6.29. The number of aromatic nitrogens is 1. The van der Waals surface area contributed by atoms with Crippen LogP contribution in [0.4, 0.5) is 4.39 Å². The van der Waals surface area contributed by atoms with Crippen LogP contribution in [0.2, 0.25) is 0 Å². The Morgan fingerprint density at radius 2 is 1.70 bits per heavy atom. The quantitative estimate of drug-likeness (QED) is 0.787. The van der Waals surface area contributed by atoms with Crippen molar-refractivity contribution in [3.63, 3.8) is 0 Å². The summed E-state index contributed by atoms with van der Waals surface area (Å²) in [6, 6.07) is 12.6. The van der Waals surface area contributed by atoms with Gasteiger partial charge in [0, 0.05) is 34.3 Å². The number of benzene rings is 1. The second-order valence-electron chi connectivity index (χ2n) is 4.40. The van der Waals surface area contributed by atoms with E-state index in [1.54, 1.807) is 35.9 Å². The highest BCUT2D eigenvalue weighted by atomic mass is 32.1. The maximum absolute atomic E-state index is 13.1. The molecular weight excluding hydrogens is 271 g/mol. The van der Waals surface area contributed by atoms with E-state index in [1.807, 2.05) is 12.1 Å². The highest BCUT2D eigenvalue weighted by molar-refractivity contribution is 7.16. The molecule has 2 nitrogen and oxygen atoms in total. The summed E-state index contributed by atoms with van der Waals surface area (Å²) in [6.07, 6.45) is 3.54. The van der Waals surface area contributed by atoms with Crippen LogP contribution in [0.5, 0.6) is 0 Å². The Hall–Kier alpha value is -2.04. The number of pyridine rings is 1. The average Bonchev–Trinajstić information content (AvgIpc) is 2.93. The molecule has 0 saturated carbocycles. The van der Waals surface area contributed by atoms with Crippen LogP contribution in [0, 0.1) is 5.82 Å². The summed E-state index contributed by atoms with van der Waals surface area (Å²) in [7, 11) is 0. The molecule has 2 N–H and O–H groups in total. The van der Waals surface area contributed by atoms with Gasteiger partial charge in [0.15, 0.2) is 0 Å². The molecule has 3 aromatic rings. The van der Waals surface area contributed by atoms with Crippen molar-refractivity contribution in [3.8, 4) is 21.6 Å². The maximum atomic E-state index is 13.1. The highest BCUT2D eigenvalue weighted by Crippen LogP contribution is 2.39. The molecule has 100 valence electrons. The van der Waals surface area contributed by atoms with Gasteiger partial charge in [0.1, 0.15) is 5.82 Å². The van der Waals surface area contributed by atoms with Crippen LogP contribution in [-0.2, 0) is 6.54 Å². The SMILES string of the molecule is NCc1cc(-c2ccc(F)cc2)c(-c2ccncc2)s1. The molecule has 0 radical (unpaired) electrons. The zero-order chi connectivity index (χ0) is 13.9. The number of nitrogens with two attached hydrogens (primary N) is 1. The molecule has 1 aromatic carbocycles. The zero-order valence-corrected chi connectivity index (χ0v) is 11.5. The predicted octanol–water partition coefficient (Wildman–Crippen LogP) is 4.07. The number of rotatable bonds is 3. The van der Waals surface area contributed by atoms with Gasteiger partial charge in [-0.2, -0.15) is 0 Å². The summed E-state index contributed by atoms with van der Waals surface area (Å²) in [6.45, 7) is 0.504. The van der Waals surface area contributed by atoms with Crippen LogP contribution in [0.15, 0.2) is 54.9 Å². The molecule has 2 aromatic heterocycles. The first-order chi connectivity index (χ1) is 9.78. The molecule has 0 aliphatic heterocycles. The van der Waals surface area contributed by atoms with Crippen LogP contribution >= 0.6 is 11.3 Å². The Bertz CT molecular complexity index is 705. The second-order valence-corrected chi connectivity index (χ2v) is 5.54. The maximum Gasteiger partial charge on any atom is 0.123 e. The van der Waals surface area contributed by atoms with Crippen molar-refractivity contribution < 1.29 is 4.39 Å². The molecule has 3 rings (SSSR count). The monoisotopic (exact) mass is 284 g/mol. The third kappa shape index (κ3) is 2.48. The zero-order valence-electron chi connectivity index (χ0n) is 10.7. The third-order valence-electron chi connectivity index (χ3n) is 3.08. The number of halogens is 1. The minimum Gasteiger partial charge on any atom is -0.326 e. The van der Waals surface area contributed by atoms with Crippen molar-refractivity contribution in [2.24, 2.45) is 5.73 Å². The normalized spacial score (nSPS) is 10.7. The van der Waals surface area contributed by atoms with Crippen molar-refractivity contribution in [3.05, 3.63) is 65.6 Å². The summed E-state index contributed by atoms with van der Waals surface area (Å²) >= 11 is 1.67. The fraction of sp³-hybridized carbons (Fsp3) is 0.0625. The van der Waals surface area contributed by atoms with E-state index in [0.29, 0.717) is 6.54 Å². The molecule has 0 aliphatic rings. The van der Waals surface area contributed by atoms with Crippen LogP contribution < -0.4 is 5.73 Å². The van der Waals surface area contributed by atoms with Gasteiger partial charge in [-0.15, -0.1) is 11.3 Å². The molecule has 4 heteroatoms. The Kier molecular flexibility index (Phi) is 3.58. The van der Waals surface area contributed by atoms with E-state index < -0.39 is 0 Å². The minimum absolute atomic E-state index is 0.228. The highest BCUT2D eigenvalue weighted by Gasteiger charge is 2.12. The van der Waals surface area contributed by atoms with Gasteiger partial charge in [-0.3, -0.25) is 4.98 Å². The Balaban J connectivity index is 2.15. The standard InChI is InChI=1S/C16H13FN2S/c17-13-3-1-11(2-4-13)15-9-14(10-18)20-16(15)12-5-7-19-8-6-12/h1-9H,10,18H2. The summed E-state index contributed by atoms with van der Waals surface area (Å²) < 4.78 is 13.1. The smallest absolute Gasteiger partial charge is 0.123 e. The van der Waals surface area contributed by atoms with E-state index >= 15 is 0 Å². The molecule has 0 amide bonds. The van der Waals surface area contributed by atoms with Crippen LogP contribution in [-0.4, -0.2) is 4.98 Å². The topological polar surface area (TPSA) is 38.9 Å². The molecule has 2 heterocycles. The van der Waals surface area contributed by atoms with E-state index in [0.717, 1.165) is 26.4 Å². The summed E-state index contributed by atoms with van der Waals surface area (Å²) in [5.41, 5.74) is 8.93. The first-order valence-electron chi connectivity index (χ1n) is 6.27. The molecular formula is C16H13FN2S. The number of hydrogen-bond acceptors (Lipinski definition) is 3. The van der Waals surface area contributed by atoms with E-state index in [9.17, 15) is 4.39 Å². The van der Waals surface area contributed by atoms with E-state index in [-0.39, 0.29) is 5.82 Å². The number of nitrogens with zero attached hydrogens (tertiary/aromatic N) is 1. The number of thiophene rings is 1. The van der Waals surface area contributed by atoms with Crippen molar-refractivity contribution in [1.82, 2.24) is 4.98 Å². The first-order valence-corrected chi connectivity index (χ1v) is 7.08. The van der Waals surface area contributed by atoms with Crippen LogP contribution in [0.25, 0.3) is 21.6 Å². The van der Waals surface area contributed by atoms with E-state index in [4.69, 9.17) is 5.73 Å². The second kappa shape index (κ2) is 5.53. The summed E-state index contributed by atoms with van der Waals surface area (Å²) in [5.74, 6) is -0.228. The van der Waals surface area contributed by atoms with E-state index in [1.165, 1.54) is 12.1 Å². The van der Waals surface area contributed by atoms with Crippen molar-refractivity contribution in [1.29, 1.82) is 0 Å². The summed E-state index contributed by atoms with van der Waals surface area (Å²) in [5, 5.41) is 0. The molecule has 0 unspecified atom stereocenters. The lowest BCUT2D eigenvalue weighted by Gasteiger charge is -2.04. The van der Waals surface area contributed by atoms with Gasteiger partial charge in [0.25, 0.3) is 0 Å².